The molecule has 5 heterocycles. The van der Waals surface area contributed by atoms with Gasteiger partial charge in [-0.25, -0.2) is 0 Å². The van der Waals surface area contributed by atoms with E-state index in [0.29, 0.717) is 38.5 Å². The quantitative estimate of drug-likeness (QED) is 0.0864. The first-order valence-electron chi connectivity index (χ1n) is 28.5. The normalized spacial score (nSPS) is 54.5. The molecule has 24 nitrogen and oxygen atoms in total. The highest BCUT2D eigenvalue weighted by Crippen LogP contribution is 2.70. The highest BCUT2D eigenvalue weighted by molar-refractivity contribution is 5.36. The zero-order valence-corrected chi connectivity index (χ0v) is 47.5. The van der Waals surface area contributed by atoms with Crippen LogP contribution in [-0.2, 0) is 66.3 Å². The Hall–Kier alpha value is -1.22. The van der Waals surface area contributed by atoms with Gasteiger partial charge in [0.15, 0.2) is 31.5 Å². The highest BCUT2D eigenvalue weighted by atomic mass is 16.8. The van der Waals surface area contributed by atoms with Crippen LogP contribution in [0.4, 0.5) is 0 Å². The van der Waals surface area contributed by atoms with Crippen LogP contribution in [0, 0.1) is 22.7 Å². The molecule has 9 aliphatic rings. The van der Waals surface area contributed by atoms with Crippen molar-refractivity contribution in [3.63, 3.8) is 0 Å². The molecule has 32 atom stereocenters. The monoisotopic (exact) mass is 1140 g/mol. The second kappa shape index (κ2) is 24.3. The predicted octanol–water partition coefficient (Wildman–Crippen LogP) is -0.586. The molecule has 0 aromatic heterocycles. The van der Waals surface area contributed by atoms with Crippen LogP contribution < -0.4 is 0 Å². The smallest absolute Gasteiger partial charge is 0.187 e. The molecule has 5 aliphatic heterocycles. The van der Waals surface area contributed by atoms with Gasteiger partial charge >= 0.3 is 0 Å². The van der Waals surface area contributed by atoms with Gasteiger partial charge in [-0.1, -0.05) is 25.5 Å². The highest BCUT2D eigenvalue weighted by Gasteiger charge is 2.78. The van der Waals surface area contributed by atoms with E-state index >= 15 is 0 Å². The molecule has 0 amide bonds. The average Bonchev–Trinajstić information content (AvgIpc) is 2.75. The molecular weight excluding hydrogens is 1040 g/mol. The third kappa shape index (κ3) is 10.9. The van der Waals surface area contributed by atoms with Gasteiger partial charge in [0.2, 0.25) is 0 Å². The number of ether oxygens (including phenoxy) is 14. The standard InChI is InChI=1S/C55H92O24/c1-23(57)30-14-17-55(65)53(30,7)49(63)42(62)48-52(6)15-13-29(18-28(52)12-16-54(48,55)64)74-35-19-31(66-8)43(24(2)70-35)76-36-20-32(67-9)44(25(3)71-36)77-37-21-33(68-10)45(26(4)72-37)78-51-41(61)47(69-11)46(27(5)73-51)79-50-40(60)39(59)38(58)34(22-56)75-50/h12,23-27,29-51,56-65H,13-22H2,1-11H3/t23-,24?,25?,26?,27?,29-,30+,31?,32?,33?,34?,35?,36?,37?,38?,39?,40?,41?,42-,43?,44?,45?,46?,47?,48?,49+,50?,51?,52-,53-,54-,55+/m0/s1. The summed E-state index contributed by atoms with van der Waals surface area (Å²) in [5.41, 5.74) is -4.50. The second-order valence-electron chi connectivity index (χ2n) is 24.6. The molecule has 4 aliphatic carbocycles. The number of hydrogen-bond donors (Lipinski definition) is 10. The van der Waals surface area contributed by atoms with E-state index in [0.717, 1.165) is 5.57 Å². The number of fused-ring (bicyclic) bond motifs is 5. The Kier molecular flexibility index (Phi) is 19.1. The molecule has 0 aromatic carbocycles. The SMILES string of the molecule is COC1CC(O[C@H]2CC[C@@]3(C)C(=CC[C@]4(O)C3[C@H](O)[C@@H](O)[C@]3(C)[C@@H]([C@H](C)O)CC[C@@]34O)C2)OC(C)C1OC1CC(OC)C(OC2CC(OC)C(OC3OC(C)C(OC4OC(CO)C(O)C(O)C4O)C(OC)C3O)C(C)O2)C(C)O1. The van der Waals surface area contributed by atoms with Gasteiger partial charge in [-0.15, -0.1) is 0 Å². The number of rotatable bonds is 16. The minimum absolute atomic E-state index is 0.0957. The van der Waals surface area contributed by atoms with Crippen LogP contribution in [-0.4, -0.2) is 257 Å². The van der Waals surface area contributed by atoms with E-state index in [2.05, 4.69) is 0 Å². The first kappa shape index (κ1) is 62.3. The van der Waals surface area contributed by atoms with Crippen molar-refractivity contribution in [2.45, 2.75) is 277 Å². The zero-order chi connectivity index (χ0) is 57.4. The predicted molar refractivity (Wildman–Crippen MR) is 271 cm³/mol. The van der Waals surface area contributed by atoms with Gasteiger partial charge in [0.1, 0.15) is 72.2 Å². The summed E-state index contributed by atoms with van der Waals surface area (Å²) in [7, 11) is 6.11. The molecule has 8 fully saturated rings. The summed E-state index contributed by atoms with van der Waals surface area (Å²) >= 11 is 0. The number of hydrogen-bond acceptors (Lipinski definition) is 24. The van der Waals surface area contributed by atoms with Gasteiger partial charge in [-0.05, 0) is 84.5 Å². The Morgan fingerprint density at radius 1 is 0.582 bits per heavy atom. The molecule has 5 saturated heterocycles. The van der Waals surface area contributed by atoms with Crippen LogP contribution in [0.1, 0.15) is 106 Å². The molecular formula is C55H92O24. The van der Waals surface area contributed by atoms with Gasteiger partial charge < -0.3 is 117 Å². The molecule has 23 unspecified atom stereocenters. The summed E-state index contributed by atoms with van der Waals surface area (Å²) in [5, 5.41) is 112. The molecule has 79 heavy (non-hydrogen) atoms. The van der Waals surface area contributed by atoms with Crippen molar-refractivity contribution in [2.75, 3.05) is 35.0 Å². The van der Waals surface area contributed by atoms with E-state index in [1.165, 1.54) is 14.2 Å². The molecule has 456 valence electrons. The molecule has 9 rings (SSSR count). The van der Waals surface area contributed by atoms with Crippen molar-refractivity contribution in [3.8, 4) is 0 Å². The molecule has 0 radical (unpaired) electrons. The maximum atomic E-state index is 12.6. The summed E-state index contributed by atoms with van der Waals surface area (Å²) in [4.78, 5) is 0. The summed E-state index contributed by atoms with van der Waals surface area (Å²) in [6.45, 7) is 11.9. The number of aliphatic hydroxyl groups excluding tert-OH is 8. The van der Waals surface area contributed by atoms with Crippen LogP contribution >= 0.6 is 0 Å². The first-order chi connectivity index (χ1) is 37.3. The Balaban J connectivity index is 0.767. The number of methoxy groups -OCH3 is 4. The van der Waals surface area contributed by atoms with Crippen LogP contribution in [0.2, 0.25) is 0 Å². The minimum Gasteiger partial charge on any atom is -0.394 e. The largest absolute Gasteiger partial charge is 0.394 e. The van der Waals surface area contributed by atoms with Crippen molar-refractivity contribution < 1.29 is 117 Å². The van der Waals surface area contributed by atoms with E-state index in [-0.39, 0.29) is 25.4 Å². The number of aliphatic hydroxyl groups is 10. The summed E-state index contributed by atoms with van der Waals surface area (Å²) in [6.07, 6.45) is -19.0. The lowest BCUT2D eigenvalue weighted by atomic mass is 9.42. The van der Waals surface area contributed by atoms with Crippen molar-refractivity contribution in [2.24, 2.45) is 22.7 Å². The van der Waals surface area contributed by atoms with Crippen LogP contribution in [0.5, 0.6) is 0 Å². The van der Waals surface area contributed by atoms with E-state index in [1.54, 1.807) is 41.9 Å². The van der Waals surface area contributed by atoms with Gasteiger partial charge in [-0.3, -0.25) is 0 Å². The molecule has 3 saturated carbocycles. The zero-order valence-electron chi connectivity index (χ0n) is 47.5. The summed E-state index contributed by atoms with van der Waals surface area (Å²) < 4.78 is 86.9. The Bertz CT molecular complexity index is 2060. The average molecular weight is 1140 g/mol. The third-order valence-electron chi connectivity index (χ3n) is 20.3. The second-order valence-corrected chi connectivity index (χ2v) is 24.6. The van der Waals surface area contributed by atoms with Crippen molar-refractivity contribution in [1.82, 2.24) is 0 Å². The Morgan fingerprint density at radius 3 is 1.61 bits per heavy atom. The fourth-order valence-electron chi connectivity index (χ4n) is 15.8. The van der Waals surface area contributed by atoms with Gasteiger partial charge in [0.25, 0.3) is 0 Å². The molecule has 10 N–H and O–H groups in total. The van der Waals surface area contributed by atoms with E-state index in [9.17, 15) is 51.1 Å². The lowest BCUT2D eigenvalue weighted by molar-refractivity contribution is -0.374. The van der Waals surface area contributed by atoms with Gasteiger partial charge in [0.05, 0.1) is 73.8 Å². The topological polar surface area (TPSA) is 332 Å². The van der Waals surface area contributed by atoms with Gasteiger partial charge in [0, 0.05) is 59.0 Å². The van der Waals surface area contributed by atoms with Crippen LogP contribution in [0.25, 0.3) is 0 Å². The maximum absolute atomic E-state index is 12.6. The summed E-state index contributed by atoms with van der Waals surface area (Å²) in [6, 6.07) is 0. The van der Waals surface area contributed by atoms with Crippen LogP contribution in [0.15, 0.2) is 11.6 Å². The molecule has 0 aromatic rings. The Labute approximate surface area is 462 Å². The molecule has 24 heteroatoms. The lowest BCUT2D eigenvalue weighted by Crippen LogP contribution is -2.79. The fourth-order valence-corrected chi connectivity index (χ4v) is 15.8. The van der Waals surface area contributed by atoms with Crippen molar-refractivity contribution >= 4 is 0 Å². The maximum Gasteiger partial charge on any atom is 0.187 e. The lowest BCUT2D eigenvalue weighted by Gasteiger charge is -2.68. The minimum atomic E-state index is -1.72. The molecule has 0 spiro atoms. The van der Waals surface area contributed by atoms with Gasteiger partial charge in [-0.2, -0.15) is 0 Å². The van der Waals surface area contributed by atoms with Crippen molar-refractivity contribution in [3.05, 3.63) is 11.6 Å². The first-order valence-corrected chi connectivity index (χ1v) is 28.5. The third-order valence-corrected chi connectivity index (χ3v) is 20.3. The fraction of sp³-hybridized carbons (Fsp3) is 0.964. The van der Waals surface area contributed by atoms with E-state index < -0.39 is 194 Å². The molecule has 0 bridgehead atoms. The van der Waals surface area contributed by atoms with Crippen LogP contribution in [0.3, 0.4) is 0 Å². The Morgan fingerprint density at radius 2 is 1.09 bits per heavy atom. The van der Waals surface area contributed by atoms with E-state index in [4.69, 9.17) is 66.3 Å². The van der Waals surface area contributed by atoms with E-state index in [1.807, 2.05) is 26.8 Å². The van der Waals surface area contributed by atoms with Crippen molar-refractivity contribution in [1.29, 1.82) is 0 Å². The summed E-state index contributed by atoms with van der Waals surface area (Å²) in [5.74, 6) is -1.35.